The predicted molar refractivity (Wildman–Crippen MR) is 81.6 cm³/mol. The zero-order valence-electron chi connectivity index (χ0n) is 12.2. The molecular formula is C15H22N2O3S. The van der Waals surface area contributed by atoms with Gasteiger partial charge in [0.2, 0.25) is 10.0 Å². The Labute approximate surface area is 126 Å². The van der Waals surface area contributed by atoms with Crippen LogP contribution in [0, 0.1) is 0 Å². The van der Waals surface area contributed by atoms with E-state index in [0.717, 1.165) is 25.7 Å². The molecule has 116 valence electrons. The molecule has 0 radical (unpaired) electrons. The molecule has 0 saturated heterocycles. The third-order valence-corrected chi connectivity index (χ3v) is 5.40. The van der Waals surface area contributed by atoms with Gasteiger partial charge in [-0.05, 0) is 37.8 Å². The van der Waals surface area contributed by atoms with Crippen LogP contribution >= 0.6 is 0 Å². The predicted octanol–water partition coefficient (Wildman–Crippen LogP) is 1.83. The van der Waals surface area contributed by atoms with E-state index in [1.54, 1.807) is 19.1 Å². The summed E-state index contributed by atoms with van der Waals surface area (Å²) in [5, 5.41) is 0. The highest BCUT2D eigenvalue weighted by molar-refractivity contribution is 7.89. The lowest BCUT2D eigenvalue weighted by molar-refractivity contribution is 0.0988. The molecule has 3 N–H and O–H groups in total. The van der Waals surface area contributed by atoms with Gasteiger partial charge in [-0.15, -0.1) is 0 Å². The fraction of sp³-hybridized carbons (Fsp3) is 0.533. The molecule has 6 heteroatoms. The SMILES string of the molecule is CCC(=O)c1cccc(S(=O)(=O)NC2CCC(N)CC2)c1. The van der Waals surface area contributed by atoms with Gasteiger partial charge in [0.25, 0.3) is 0 Å². The summed E-state index contributed by atoms with van der Waals surface area (Å²) >= 11 is 0. The van der Waals surface area contributed by atoms with Gasteiger partial charge in [-0.2, -0.15) is 0 Å². The maximum atomic E-state index is 12.4. The molecular weight excluding hydrogens is 288 g/mol. The highest BCUT2D eigenvalue weighted by Gasteiger charge is 2.24. The van der Waals surface area contributed by atoms with Crippen LogP contribution in [0.4, 0.5) is 0 Å². The fourth-order valence-corrected chi connectivity index (χ4v) is 3.92. The van der Waals surface area contributed by atoms with E-state index >= 15 is 0 Å². The second kappa shape index (κ2) is 6.68. The summed E-state index contributed by atoms with van der Waals surface area (Å²) in [5.74, 6) is -0.0595. The van der Waals surface area contributed by atoms with Crippen LogP contribution in [-0.4, -0.2) is 26.3 Å². The van der Waals surface area contributed by atoms with Gasteiger partial charge in [0.15, 0.2) is 5.78 Å². The van der Waals surface area contributed by atoms with Crippen molar-refractivity contribution in [2.75, 3.05) is 0 Å². The van der Waals surface area contributed by atoms with Gasteiger partial charge in [-0.3, -0.25) is 4.79 Å². The average molecular weight is 310 g/mol. The second-order valence-electron chi connectivity index (χ2n) is 5.54. The van der Waals surface area contributed by atoms with Crippen molar-refractivity contribution >= 4 is 15.8 Å². The number of ketones is 1. The average Bonchev–Trinajstić information content (AvgIpc) is 2.49. The molecule has 0 bridgehead atoms. The van der Waals surface area contributed by atoms with Gasteiger partial charge < -0.3 is 5.73 Å². The second-order valence-corrected chi connectivity index (χ2v) is 7.25. The zero-order chi connectivity index (χ0) is 15.5. The number of Topliss-reactive ketones (excluding diaryl/α,β-unsaturated/α-hetero) is 1. The number of carbonyl (C=O) groups excluding carboxylic acids is 1. The third-order valence-electron chi connectivity index (χ3n) is 3.88. The van der Waals surface area contributed by atoms with E-state index in [1.807, 2.05) is 0 Å². The number of nitrogens with one attached hydrogen (secondary N) is 1. The van der Waals surface area contributed by atoms with Gasteiger partial charge in [0, 0.05) is 24.1 Å². The van der Waals surface area contributed by atoms with E-state index < -0.39 is 10.0 Å². The lowest BCUT2D eigenvalue weighted by atomic mass is 9.93. The first kappa shape index (κ1) is 16.1. The van der Waals surface area contributed by atoms with Crippen LogP contribution in [0.25, 0.3) is 0 Å². The standard InChI is InChI=1S/C15H22N2O3S/c1-2-15(18)11-4-3-5-14(10-11)21(19,20)17-13-8-6-12(16)7-9-13/h3-5,10,12-13,17H,2,6-9,16H2,1H3. The van der Waals surface area contributed by atoms with Crippen molar-refractivity contribution in [1.29, 1.82) is 0 Å². The van der Waals surface area contributed by atoms with E-state index in [9.17, 15) is 13.2 Å². The number of hydrogen-bond donors (Lipinski definition) is 2. The monoisotopic (exact) mass is 310 g/mol. The topological polar surface area (TPSA) is 89.3 Å². The fourth-order valence-electron chi connectivity index (χ4n) is 2.57. The molecule has 21 heavy (non-hydrogen) atoms. The minimum Gasteiger partial charge on any atom is -0.328 e. The first-order valence-electron chi connectivity index (χ1n) is 7.33. The number of hydrogen-bond acceptors (Lipinski definition) is 4. The van der Waals surface area contributed by atoms with Gasteiger partial charge in [0.1, 0.15) is 0 Å². The molecule has 5 nitrogen and oxygen atoms in total. The number of carbonyl (C=O) groups is 1. The molecule has 0 aliphatic heterocycles. The van der Waals surface area contributed by atoms with Crippen LogP contribution in [0.15, 0.2) is 29.2 Å². The van der Waals surface area contributed by atoms with Gasteiger partial charge in [-0.25, -0.2) is 13.1 Å². The van der Waals surface area contributed by atoms with Gasteiger partial charge in [0.05, 0.1) is 4.90 Å². The Kier molecular flexibility index (Phi) is 5.13. The Bertz CT molecular complexity index is 605. The molecule has 1 fully saturated rings. The van der Waals surface area contributed by atoms with Gasteiger partial charge in [-0.1, -0.05) is 19.1 Å². The Hall–Kier alpha value is -1.24. The van der Waals surface area contributed by atoms with E-state index in [2.05, 4.69) is 4.72 Å². The maximum absolute atomic E-state index is 12.4. The quantitative estimate of drug-likeness (QED) is 0.812. The van der Waals surface area contributed by atoms with Crippen molar-refractivity contribution < 1.29 is 13.2 Å². The molecule has 1 aromatic carbocycles. The van der Waals surface area contributed by atoms with E-state index in [1.165, 1.54) is 12.1 Å². The summed E-state index contributed by atoms with van der Waals surface area (Å²) in [7, 11) is -3.58. The van der Waals surface area contributed by atoms with Gasteiger partial charge >= 0.3 is 0 Å². The smallest absolute Gasteiger partial charge is 0.240 e. The molecule has 0 unspecified atom stereocenters. The highest BCUT2D eigenvalue weighted by atomic mass is 32.2. The van der Waals surface area contributed by atoms with Crippen LogP contribution in [-0.2, 0) is 10.0 Å². The molecule has 0 aromatic heterocycles. The first-order valence-corrected chi connectivity index (χ1v) is 8.82. The maximum Gasteiger partial charge on any atom is 0.240 e. The highest BCUT2D eigenvalue weighted by Crippen LogP contribution is 2.20. The molecule has 0 heterocycles. The Balaban J connectivity index is 2.14. The van der Waals surface area contributed by atoms with Crippen LogP contribution in [0.3, 0.4) is 0 Å². The van der Waals surface area contributed by atoms with Crippen molar-refractivity contribution in [2.45, 2.75) is 56.0 Å². The Morgan fingerprint density at radius 2 is 1.95 bits per heavy atom. The number of benzene rings is 1. The summed E-state index contributed by atoms with van der Waals surface area (Å²) in [4.78, 5) is 11.8. The van der Waals surface area contributed by atoms with Crippen molar-refractivity contribution in [1.82, 2.24) is 4.72 Å². The summed E-state index contributed by atoms with van der Waals surface area (Å²) in [6.07, 6.45) is 3.54. The van der Waals surface area contributed by atoms with Crippen molar-refractivity contribution in [2.24, 2.45) is 5.73 Å². The molecule has 0 atom stereocenters. The largest absolute Gasteiger partial charge is 0.328 e. The third kappa shape index (κ3) is 4.12. The molecule has 1 aromatic rings. The minimum absolute atomic E-state index is 0.0595. The summed E-state index contributed by atoms with van der Waals surface area (Å²) in [5.41, 5.74) is 6.26. The van der Waals surface area contributed by atoms with E-state index in [4.69, 9.17) is 5.73 Å². The number of sulfonamides is 1. The van der Waals surface area contributed by atoms with E-state index in [-0.39, 0.29) is 22.8 Å². The molecule has 0 spiro atoms. The van der Waals surface area contributed by atoms with Crippen LogP contribution < -0.4 is 10.5 Å². The van der Waals surface area contributed by atoms with Crippen LogP contribution in [0.1, 0.15) is 49.4 Å². The minimum atomic E-state index is -3.58. The summed E-state index contributed by atoms with van der Waals surface area (Å²) in [6.45, 7) is 1.76. The molecule has 1 aliphatic carbocycles. The first-order chi connectivity index (χ1) is 9.92. The van der Waals surface area contributed by atoms with Crippen LogP contribution in [0.2, 0.25) is 0 Å². The molecule has 1 aliphatic rings. The molecule has 2 rings (SSSR count). The zero-order valence-corrected chi connectivity index (χ0v) is 13.0. The number of rotatable bonds is 5. The van der Waals surface area contributed by atoms with Crippen molar-refractivity contribution in [3.63, 3.8) is 0 Å². The number of nitrogens with two attached hydrogens (primary N) is 1. The lowest BCUT2D eigenvalue weighted by Gasteiger charge is -2.26. The van der Waals surface area contributed by atoms with E-state index in [0.29, 0.717) is 12.0 Å². The summed E-state index contributed by atoms with van der Waals surface area (Å²) in [6, 6.07) is 6.32. The van der Waals surface area contributed by atoms with Crippen molar-refractivity contribution in [3.8, 4) is 0 Å². The molecule has 0 amide bonds. The van der Waals surface area contributed by atoms with Crippen LogP contribution in [0.5, 0.6) is 0 Å². The molecule has 1 saturated carbocycles. The lowest BCUT2D eigenvalue weighted by Crippen LogP contribution is -2.40. The Morgan fingerprint density at radius 1 is 1.29 bits per heavy atom. The Morgan fingerprint density at radius 3 is 2.57 bits per heavy atom. The summed E-state index contributed by atoms with van der Waals surface area (Å²) < 4.78 is 27.5. The normalized spacial score (nSPS) is 23.0. The van der Waals surface area contributed by atoms with Crippen molar-refractivity contribution in [3.05, 3.63) is 29.8 Å².